The summed E-state index contributed by atoms with van der Waals surface area (Å²) in [5.74, 6) is 0.697. The number of oxime groups is 1. The second kappa shape index (κ2) is 9.95. The SMILES string of the molecule is Clc1ccc(CO/N=C2/c3ccc(Cl)cc3OCC2n2ccnc2)cc1.O=[N+]([O-])O. The van der Waals surface area contributed by atoms with E-state index in [4.69, 9.17) is 48.1 Å². The van der Waals surface area contributed by atoms with E-state index in [1.54, 1.807) is 18.6 Å². The van der Waals surface area contributed by atoms with Gasteiger partial charge in [-0.2, -0.15) is 0 Å². The van der Waals surface area contributed by atoms with Gasteiger partial charge in [0, 0.05) is 28.0 Å². The zero-order valence-corrected chi connectivity index (χ0v) is 16.9. The molecule has 1 N–H and O–H groups in total. The van der Waals surface area contributed by atoms with Gasteiger partial charge in [-0.1, -0.05) is 40.5 Å². The lowest BCUT2D eigenvalue weighted by Gasteiger charge is -2.27. The lowest BCUT2D eigenvalue weighted by Crippen LogP contribution is -2.30. The average Bonchev–Trinajstić information content (AvgIpc) is 3.23. The molecular weight excluding hydrogens is 435 g/mol. The van der Waals surface area contributed by atoms with Gasteiger partial charge in [0.15, 0.2) is 0 Å². The molecule has 0 saturated carbocycles. The number of hydrogen-bond donors (Lipinski definition) is 1. The summed E-state index contributed by atoms with van der Waals surface area (Å²) in [5, 5.41) is 19.4. The van der Waals surface area contributed by atoms with E-state index >= 15 is 0 Å². The summed E-state index contributed by atoms with van der Waals surface area (Å²) >= 11 is 12.0. The van der Waals surface area contributed by atoms with Gasteiger partial charge in [-0.3, -0.25) is 0 Å². The van der Waals surface area contributed by atoms with Crippen LogP contribution in [0.15, 0.2) is 66.3 Å². The van der Waals surface area contributed by atoms with Crippen LogP contribution in [-0.2, 0) is 11.4 Å². The number of halogens is 2. The molecule has 0 spiro atoms. The minimum absolute atomic E-state index is 0.128. The highest BCUT2D eigenvalue weighted by Gasteiger charge is 2.29. The third-order valence-corrected chi connectivity index (χ3v) is 4.61. The molecule has 9 nitrogen and oxygen atoms in total. The molecule has 0 saturated heterocycles. The molecule has 0 amide bonds. The van der Waals surface area contributed by atoms with E-state index < -0.39 is 5.09 Å². The van der Waals surface area contributed by atoms with Gasteiger partial charge in [-0.05, 0) is 35.9 Å². The van der Waals surface area contributed by atoms with E-state index in [-0.39, 0.29) is 6.04 Å². The Kier molecular flexibility index (Phi) is 7.10. The molecule has 1 unspecified atom stereocenters. The van der Waals surface area contributed by atoms with Gasteiger partial charge in [-0.25, -0.2) is 4.98 Å². The van der Waals surface area contributed by atoms with Crippen molar-refractivity contribution in [3.05, 3.63) is 92.5 Å². The van der Waals surface area contributed by atoms with Gasteiger partial charge >= 0.3 is 0 Å². The molecule has 2 heterocycles. The molecule has 1 aromatic heterocycles. The first kappa shape index (κ1) is 21.4. The van der Waals surface area contributed by atoms with Crippen molar-refractivity contribution in [1.82, 2.24) is 9.55 Å². The Bertz CT molecular complexity index is 1020. The first-order valence-electron chi connectivity index (χ1n) is 8.61. The van der Waals surface area contributed by atoms with Crippen LogP contribution < -0.4 is 4.74 Å². The molecule has 156 valence electrons. The molecule has 1 atom stereocenters. The Morgan fingerprint density at radius 3 is 2.63 bits per heavy atom. The number of imidazole rings is 1. The predicted molar refractivity (Wildman–Crippen MR) is 110 cm³/mol. The lowest BCUT2D eigenvalue weighted by atomic mass is 10.00. The smallest absolute Gasteiger partial charge is 0.291 e. The zero-order valence-electron chi connectivity index (χ0n) is 15.4. The number of nitrogens with zero attached hydrogens (tertiary/aromatic N) is 4. The van der Waals surface area contributed by atoms with E-state index in [0.29, 0.717) is 29.0 Å². The maximum absolute atomic E-state index is 8.36. The monoisotopic (exact) mass is 450 g/mol. The van der Waals surface area contributed by atoms with Crippen LogP contribution in [0.4, 0.5) is 0 Å². The number of benzene rings is 2. The van der Waals surface area contributed by atoms with Gasteiger partial charge in [0.2, 0.25) is 0 Å². The van der Waals surface area contributed by atoms with Crippen molar-refractivity contribution in [3.8, 4) is 5.75 Å². The van der Waals surface area contributed by atoms with E-state index in [1.165, 1.54) is 0 Å². The van der Waals surface area contributed by atoms with Gasteiger partial charge in [0.1, 0.15) is 30.7 Å². The van der Waals surface area contributed by atoms with Crippen molar-refractivity contribution in [1.29, 1.82) is 0 Å². The number of hydrogen-bond acceptors (Lipinski definition) is 6. The normalized spacial score (nSPS) is 16.1. The molecule has 0 aliphatic carbocycles. The van der Waals surface area contributed by atoms with Gasteiger partial charge in [0.25, 0.3) is 5.09 Å². The fraction of sp³-hybridized carbons (Fsp3) is 0.158. The van der Waals surface area contributed by atoms with Crippen molar-refractivity contribution in [2.24, 2.45) is 5.16 Å². The van der Waals surface area contributed by atoms with Crippen LogP contribution in [0.3, 0.4) is 0 Å². The summed E-state index contributed by atoms with van der Waals surface area (Å²) in [4.78, 5) is 18.1. The molecule has 4 rings (SSSR count). The molecule has 30 heavy (non-hydrogen) atoms. The lowest BCUT2D eigenvalue weighted by molar-refractivity contribution is -0.742. The Morgan fingerprint density at radius 2 is 1.97 bits per heavy atom. The molecule has 1 aliphatic rings. The van der Waals surface area contributed by atoms with Crippen LogP contribution in [0.25, 0.3) is 0 Å². The number of rotatable bonds is 4. The van der Waals surface area contributed by atoms with Crippen LogP contribution >= 0.6 is 23.2 Å². The molecule has 1 aliphatic heterocycles. The standard InChI is InChI=1S/C19H15Cl2N3O2.HNO3/c20-14-3-1-13(2-4-14)10-26-23-19-16-6-5-15(21)9-18(16)25-11-17(19)24-8-7-22-12-24;2-1(3)4/h1-9,12,17H,10-11H2;(H,2,3,4)/b23-19-;. The van der Waals surface area contributed by atoms with E-state index in [2.05, 4.69) is 10.1 Å². The van der Waals surface area contributed by atoms with E-state index in [9.17, 15) is 0 Å². The summed E-state index contributed by atoms with van der Waals surface area (Å²) in [6.45, 7) is 0.772. The van der Waals surface area contributed by atoms with E-state index in [1.807, 2.05) is 47.2 Å². The third kappa shape index (κ3) is 5.62. The van der Waals surface area contributed by atoms with Crippen molar-refractivity contribution in [3.63, 3.8) is 0 Å². The fourth-order valence-electron chi connectivity index (χ4n) is 2.80. The minimum Gasteiger partial charge on any atom is -0.490 e. The number of fused-ring (bicyclic) bond motifs is 1. The highest BCUT2D eigenvalue weighted by Crippen LogP contribution is 2.32. The van der Waals surface area contributed by atoms with Crippen molar-refractivity contribution in [2.45, 2.75) is 12.6 Å². The van der Waals surface area contributed by atoms with Crippen LogP contribution in [-0.4, -0.2) is 32.2 Å². The molecule has 0 fully saturated rings. The van der Waals surface area contributed by atoms with Crippen LogP contribution in [0.5, 0.6) is 5.75 Å². The maximum atomic E-state index is 8.36. The molecule has 2 aromatic carbocycles. The first-order valence-corrected chi connectivity index (χ1v) is 9.37. The van der Waals surface area contributed by atoms with E-state index in [0.717, 1.165) is 16.8 Å². The fourth-order valence-corrected chi connectivity index (χ4v) is 3.09. The molecule has 3 aromatic rings. The number of aromatic nitrogens is 2. The van der Waals surface area contributed by atoms with Crippen LogP contribution in [0.2, 0.25) is 10.0 Å². The highest BCUT2D eigenvalue weighted by atomic mass is 35.5. The Balaban J connectivity index is 0.000000589. The third-order valence-electron chi connectivity index (χ3n) is 4.12. The van der Waals surface area contributed by atoms with Gasteiger partial charge in [-0.15, -0.1) is 10.1 Å². The summed E-state index contributed by atoms with van der Waals surface area (Å²) < 4.78 is 7.81. The topological polar surface area (TPSA) is 112 Å². The maximum Gasteiger partial charge on any atom is 0.291 e. The second-order valence-corrected chi connectivity index (χ2v) is 6.96. The summed E-state index contributed by atoms with van der Waals surface area (Å²) in [7, 11) is 0. The van der Waals surface area contributed by atoms with Crippen LogP contribution in [0.1, 0.15) is 17.2 Å². The highest BCUT2D eigenvalue weighted by molar-refractivity contribution is 6.31. The summed E-state index contributed by atoms with van der Waals surface area (Å²) in [6, 6.07) is 12.8. The second-order valence-electron chi connectivity index (χ2n) is 6.09. The Morgan fingerprint density at radius 1 is 1.27 bits per heavy atom. The average molecular weight is 451 g/mol. The predicted octanol–water partition coefficient (Wildman–Crippen LogP) is 4.40. The quantitative estimate of drug-likeness (QED) is 0.465. The molecule has 0 bridgehead atoms. The van der Waals surface area contributed by atoms with Crippen LogP contribution in [0, 0.1) is 10.1 Å². The Labute approximate surface area is 181 Å². The Hall–Kier alpha value is -3.30. The van der Waals surface area contributed by atoms with Gasteiger partial charge < -0.3 is 19.3 Å². The number of ether oxygens (including phenoxy) is 1. The summed E-state index contributed by atoms with van der Waals surface area (Å²) in [5.41, 5.74) is 2.62. The van der Waals surface area contributed by atoms with Crippen molar-refractivity contribution < 1.29 is 19.9 Å². The van der Waals surface area contributed by atoms with Crippen molar-refractivity contribution >= 4 is 28.9 Å². The van der Waals surface area contributed by atoms with Crippen molar-refractivity contribution in [2.75, 3.05) is 6.61 Å². The minimum atomic E-state index is -1.50. The first-order chi connectivity index (χ1) is 14.4. The molecule has 0 radical (unpaired) electrons. The summed E-state index contributed by atoms with van der Waals surface area (Å²) in [6.07, 6.45) is 5.34. The zero-order chi connectivity index (χ0) is 21.5. The molecule has 11 heteroatoms. The largest absolute Gasteiger partial charge is 0.490 e. The van der Waals surface area contributed by atoms with Gasteiger partial charge in [0.05, 0.1) is 6.33 Å². The molecular formula is C19H16Cl2N4O5.